The number of methoxy groups -OCH3 is 1. The molecule has 140 valence electrons. The van der Waals surface area contributed by atoms with Crippen molar-refractivity contribution in [3.8, 4) is 17.1 Å². The minimum absolute atomic E-state index is 0.0460. The molecule has 0 bridgehead atoms. The summed E-state index contributed by atoms with van der Waals surface area (Å²) in [5.41, 5.74) is 6.13. The molecule has 1 saturated heterocycles. The Kier molecular flexibility index (Phi) is 5.32. The molecule has 1 aliphatic heterocycles. The molecule has 1 aromatic carbocycles. The third-order valence-electron chi connectivity index (χ3n) is 3.88. The molecule has 9 heteroatoms. The number of ether oxygens (including phenoxy) is 1. The van der Waals surface area contributed by atoms with E-state index in [1.807, 2.05) is 24.3 Å². The number of rotatable bonds is 6. The molecule has 27 heavy (non-hydrogen) atoms. The molecular formula is C18H18N4O5. The van der Waals surface area contributed by atoms with Crippen LogP contribution in [-0.2, 0) is 9.59 Å². The monoisotopic (exact) mass is 370 g/mol. The van der Waals surface area contributed by atoms with E-state index >= 15 is 0 Å². The average molecular weight is 370 g/mol. The first kappa shape index (κ1) is 18.3. The van der Waals surface area contributed by atoms with Crippen molar-refractivity contribution in [2.75, 3.05) is 13.7 Å². The molecule has 2 heterocycles. The van der Waals surface area contributed by atoms with Crippen LogP contribution in [0.15, 0.2) is 45.8 Å². The van der Waals surface area contributed by atoms with E-state index in [-0.39, 0.29) is 13.0 Å². The Bertz CT molecular complexity index is 887. The number of benzene rings is 1. The molecule has 0 saturated carbocycles. The summed E-state index contributed by atoms with van der Waals surface area (Å²) in [5, 5.41) is 2.34. The van der Waals surface area contributed by atoms with Gasteiger partial charge in [-0.3, -0.25) is 14.6 Å². The summed E-state index contributed by atoms with van der Waals surface area (Å²) in [6, 6.07) is 9.95. The number of nitrogens with two attached hydrogens (primary N) is 1. The second-order valence-electron chi connectivity index (χ2n) is 5.67. The number of hydrogen-bond donors (Lipinski definition) is 2. The molecule has 4 amide bonds. The number of imide groups is 3. The molecule has 1 fully saturated rings. The Hall–Kier alpha value is -3.46. The Balaban J connectivity index is 1.70. The van der Waals surface area contributed by atoms with Gasteiger partial charge >= 0.3 is 6.03 Å². The van der Waals surface area contributed by atoms with Gasteiger partial charge in [-0.05, 0) is 36.4 Å². The summed E-state index contributed by atoms with van der Waals surface area (Å²) in [6.07, 6.45) is 0.0555. The minimum Gasteiger partial charge on any atom is -0.497 e. The van der Waals surface area contributed by atoms with Gasteiger partial charge in [-0.15, -0.1) is 0 Å². The lowest BCUT2D eigenvalue weighted by molar-refractivity contribution is -0.139. The molecule has 3 N–H and O–H groups in total. The fourth-order valence-electron chi connectivity index (χ4n) is 2.52. The van der Waals surface area contributed by atoms with E-state index in [1.54, 1.807) is 19.2 Å². The van der Waals surface area contributed by atoms with Gasteiger partial charge in [0.2, 0.25) is 12.1 Å². The van der Waals surface area contributed by atoms with Crippen LogP contribution in [0.4, 0.5) is 4.79 Å². The fourth-order valence-corrected chi connectivity index (χ4v) is 2.52. The van der Waals surface area contributed by atoms with Gasteiger partial charge < -0.3 is 20.2 Å². The highest BCUT2D eigenvalue weighted by atomic mass is 16.5. The zero-order chi connectivity index (χ0) is 19.4. The first-order chi connectivity index (χ1) is 13.0. The predicted octanol–water partition coefficient (Wildman–Crippen LogP) is 1.13. The van der Waals surface area contributed by atoms with Gasteiger partial charge in [0.25, 0.3) is 5.91 Å². The van der Waals surface area contributed by atoms with Crippen molar-refractivity contribution in [1.82, 2.24) is 10.2 Å². The molecule has 1 aliphatic rings. The molecule has 0 aliphatic carbocycles. The maximum atomic E-state index is 12.2. The summed E-state index contributed by atoms with van der Waals surface area (Å²) in [4.78, 5) is 40.3. The quantitative estimate of drug-likeness (QED) is 0.579. The standard InChI is InChI=1S/C18H18N4O5/c1-26-12-4-2-11(3-5-12)14-7-6-13(27-14)10-20-16-17(24)22(18(25)21-16)15(23)8-9-19/h2-7,10,16H,8-9,19H2,1H3,(H,21,25)/b20-10+. The molecule has 1 unspecified atom stereocenters. The van der Waals surface area contributed by atoms with Crippen LogP contribution >= 0.6 is 0 Å². The van der Waals surface area contributed by atoms with Crippen LogP contribution in [0.25, 0.3) is 11.3 Å². The average Bonchev–Trinajstić information content (AvgIpc) is 3.24. The van der Waals surface area contributed by atoms with Crippen LogP contribution in [0.5, 0.6) is 5.75 Å². The summed E-state index contributed by atoms with van der Waals surface area (Å²) in [6.45, 7) is 0.0460. The van der Waals surface area contributed by atoms with Gasteiger partial charge in [0.05, 0.1) is 13.3 Å². The summed E-state index contributed by atoms with van der Waals surface area (Å²) in [5.74, 6) is 0.348. The number of carbonyl (C=O) groups is 3. The first-order valence-electron chi connectivity index (χ1n) is 8.18. The second-order valence-corrected chi connectivity index (χ2v) is 5.67. The van der Waals surface area contributed by atoms with Crippen molar-refractivity contribution < 1.29 is 23.5 Å². The van der Waals surface area contributed by atoms with E-state index < -0.39 is 24.0 Å². The van der Waals surface area contributed by atoms with Crippen LogP contribution in [0.2, 0.25) is 0 Å². The molecule has 2 aromatic rings. The van der Waals surface area contributed by atoms with Crippen molar-refractivity contribution in [3.63, 3.8) is 0 Å². The molecule has 1 atom stereocenters. The van der Waals surface area contributed by atoms with Crippen molar-refractivity contribution in [2.45, 2.75) is 12.6 Å². The Morgan fingerprint density at radius 2 is 2.04 bits per heavy atom. The van der Waals surface area contributed by atoms with Crippen molar-refractivity contribution >= 4 is 24.1 Å². The number of amides is 4. The highest BCUT2D eigenvalue weighted by molar-refractivity contribution is 6.16. The molecule has 1 aromatic heterocycles. The van der Waals surface area contributed by atoms with E-state index in [1.165, 1.54) is 6.21 Å². The Morgan fingerprint density at radius 1 is 1.30 bits per heavy atom. The van der Waals surface area contributed by atoms with Gasteiger partial charge in [-0.1, -0.05) is 0 Å². The lowest BCUT2D eigenvalue weighted by Crippen LogP contribution is -2.38. The third kappa shape index (κ3) is 3.87. The predicted molar refractivity (Wildman–Crippen MR) is 96.1 cm³/mol. The van der Waals surface area contributed by atoms with E-state index in [9.17, 15) is 14.4 Å². The van der Waals surface area contributed by atoms with Gasteiger partial charge in [-0.25, -0.2) is 4.79 Å². The van der Waals surface area contributed by atoms with E-state index in [4.69, 9.17) is 14.9 Å². The SMILES string of the molecule is COc1ccc(-c2ccc(/C=N/C3NC(=O)N(C(=O)CCN)C3=O)o2)cc1. The van der Waals surface area contributed by atoms with Crippen LogP contribution in [0, 0.1) is 0 Å². The van der Waals surface area contributed by atoms with E-state index in [0.29, 0.717) is 16.4 Å². The number of urea groups is 1. The normalized spacial score (nSPS) is 16.8. The van der Waals surface area contributed by atoms with Crippen molar-refractivity contribution in [3.05, 3.63) is 42.2 Å². The Labute approximate surface area is 154 Å². The smallest absolute Gasteiger partial charge is 0.333 e. The maximum Gasteiger partial charge on any atom is 0.333 e. The summed E-state index contributed by atoms with van der Waals surface area (Å²) < 4.78 is 10.8. The topological polar surface area (TPSA) is 127 Å². The van der Waals surface area contributed by atoms with Crippen LogP contribution < -0.4 is 15.8 Å². The first-order valence-corrected chi connectivity index (χ1v) is 8.18. The van der Waals surface area contributed by atoms with Gasteiger partial charge in [-0.2, -0.15) is 4.90 Å². The van der Waals surface area contributed by atoms with Crippen molar-refractivity contribution in [2.24, 2.45) is 10.7 Å². The van der Waals surface area contributed by atoms with Crippen LogP contribution in [-0.4, -0.2) is 48.8 Å². The number of aliphatic imine (C=N–C) groups is 1. The Morgan fingerprint density at radius 3 is 2.70 bits per heavy atom. The zero-order valence-corrected chi connectivity index (χ0v) is 14.5. The third-order valence-corrected chi connectivity index (χ3v) is 3.88. The molecular weight excluding hydrogens is 352 g/mol. The van der Waals surface area contributed by atoms with E-state index in [0.717, 1.165) is 11.3 Å². The largest absolute Gasteiger partial charge is 0.497 e. The fraction of sp³-hybridized carbons (Fsp3) is 0.222. The number of hydrogen-bond acceptors (Lipinski definition) is 7. The van der Waals surface area contributed by atoms with Crippen molar-refractivity contribution in [1.29, 1.82) is 0 Å². The second kappa shape index (κ2) is 7.83. The van der Waals surface area contributed by atoms with E-state index in [2.05, 4.69) is 10.3 Å². The van der Waals surface area contributed by atoms with Crippen LogP contribution in [0.1, 0.15) is 12.2 Å². The van der Waals surface area contributed by atoms with Gasteiger partial charge in [0.1, 0.15) is 17.3 Å². The molecule has 9 nitrogen and oxygen atoms in total. The lowest BCUT2D eigenvalue weighted by Gasteiger charge is -2.08. The number of nitrogens with zero attached hydrogens (tertiary/aromatic N) is 2. The van der Waals surface area contributed by atoms with Gasteiger partial charge in [0.15, 0.2) is 0 Å². The summed E-state index contributed by atoms with van der Waals surface area (Å²) >= 11 is 0. The molecule has 0 radical (unpaired) electrons. The lowest BCUT2D eigenvalue weighted by atomic mass is 10.2. The molecule has 0 spiro atoms. The van der Waals surface area contributed by atoms with Crippen LogP contribution in [0.3, 0.4) is 0 Å². The minimum atomic E-state index is -1.17. The summed E-state index contributed by atoms with van der Waals surface area (Å²) in [7, 11) is 1.59. The molecule has 3 rings (SSSR count). The van der Waals surface area contributed by atoms with Gasteiger partial charge in [0, 0.05) is 18.5 Å². The maximum absolute atomic E-state index is 12.2. The highest BCUT2D eigenvalue weighted by Gasteiger charge is 2.41. The number of furan rings is 1. The number of carbonyl (C=O) groups excluding carboxylic acids is 3. The number of nitrogens with one attached hydrogen (secondary N) is 1. The highest BCUT2D eigenvalue weighted by Crippen LogP contribution is 2.24. The zero-order valence-electron chi connectivity index (χ0n) is 14.5.